The molecule has 0 fully saturated rings. The van der Waals surface area contributed by atoms with Crippen molar-refractivity contribution >= 4 is 0 Å². The fourth-order valence-corrected chi connectivity index (χ4v) is 1.05. The van der Waals surface area contributed by atoms with Crippen molar-refractivity contribution in [3.63, 3.8) is 0 Å². The first-order valence-corrected chi connectivity index (χ1v) is 3.91. The minimum atomic E-state index is -0.274. The summed E-state index contributed by atoms with van der Waals surface area (Å²) < 4.78 is 1.91. The molecule has 0 amide bonds. The molecule has 0 aliphatic heterocycles. The van der Waals surface area contributed by atoms with E-state index in [-0.39, 0.29) is 12.1 Å². The summed E-state index contributed by atoms with van der Waals surface area (Å²) in [6, 6.07) is 0.127. The van der Waals surface area contributed by atoms with Crippen molar-refractivity contribution in [2.45, 2.75) is 32.4 Å². The van der Waals surface area contributed by atoms with Gasteiger partial charge in [0.2, 0.25) is 0 Å². The minimum absolute atomic E-state index is 0.127. The van der Waals surface area contributed by atoms with Crippen molar-refractivity contribution in [2.24, 2.45) is 0 Å². The Morgan fingerprint density at radius 3 is 2.82 bits per heavy atom. The van der Waals surface area contributed by atoms with E-state index < -0.39 is 0 Å². The number of imidazole rings is 1. The van der Waals surface area contributed by atoms with Crippen molar-refractivity contribution in [3.8, 4) is 0 Å². The van der Waals surface area contributed by atoms with Crippen molar-refractivity contribution in [3.05, 3.63) is 18.7 Å². The van der Waals surface area contributed by atoms with Crippen LogP contribution in [0.15, 0.2) is 18.7 Å². The summed E-state index contributed by atoms with van der Waals surface area (Å²) in [7, 11) is 0. The number of hydrogen-bond donors (Lipinski definition) is 1. The van der Waals surface area contributed by atoms with E-state index >= 15 is 0 Å². The van der Waals surface area contributed by atoms with E-state index in [0.717, 1.165) is 6.42 Å². The van der Waals surface area contributed by atoms with Gasteiger partial charge in [0.25, 0.3) is 0 Å². The fourth-order valence-electron chi connectivity index (χ4n) is 1.05. The van der Waals surface area contributed by atoms with Gasteiger partial charge in [0.05, 0.1) is 18.5 Å². The van der Waals surface area contributed by atoms with Gasteiger partial charge in [-0.05, 0) is 13.3 Å². The lowest BCUT2D eigenvalue weighted by molar-refractivity contribution is 0.117. The largest absolute Gasteiger partial charge is 0.391 e. The van der Waals surface area contributed by atoms with Crippen LogP contribution in [0.1, 0.15) is 26.3 Å². The molecule has 2 atom stereocenters. The Morgan fingerprint density at radius 1 is 1.64 bits per heavy atom. The minimum Gasteiger partial charge on any atom is -0.391 e. The highest BCUT2D eigenvalue weighted by Gasteiger charge is 2.12. The van der Waals surface area contributed by atoms with Crippen LogP contribution in [0.4, 0.5) is 0 Å². The number of hydrogen-bond acceptors (Lipinski definition) is 2. The number of rotatable bonds is 3. The standard InChI is InChI=1S/C8H14N2O/c1-3-8(11)7(2)10-5-4-9-6-10/h4-8,11H,3H2,1-2H3. The molecule has 0 spiro atoms. The lowest BCUT2D eigenvalue weighted by Crippen LogP contribution is -2.19. The van der Waals surface area contributed by atoms with E-state index in [2.05, 4.69) is 4.98 Å². The van der Waals surface area contributed by atoms with Crippen LogP contribution < -0.4 is 0 Å². The third kappa shape index (κ3) is 1.80. The maximum absolute atomic E-state index is 9.45. The first-order chi connectivity index (χ1) is 5.25. The Bertz CT molecular complexity index is 196. The molecule has 1 aromatic heterocycles. The van der Waals surface area contributed by atoms with Gasteiger partial charge in [0, 0.05) is 12.4 Å². The van der Waals surface area contributed by atoms with Crippen LogP contribution in [0.25, 0.3) is 0 Å². The van der Waals surface area contributed by atoms with Gasteiger partial charge in [0.1, 0.15) is 0 Å². The highest BCUT2D eigenvalue weighted by Crippen LogP contribution is 2.12. The number of aromatic nitrogens is 2. The summed E-state index contributed by atoms with van der Waals surface area (Å²) in [5.41, 5.74) is 0. The molecule has 1 heterocycles. The summed E-state index contributed by atoms with van der Waals surface area (Å²) in [6.07, 6.45) is 5.81. The molecule has 3 heteroatoms. The van der Waals surface area contributed by atoms with Crippen LogP contribution in [0.3, 0.4) is 0 Å². The maximum atomic E-state index is 9.45. The quantitative estimate of drug-likeness (QED) is 0.710. The molecule has 0 aliphatic rings. The zero-order valence-electron chi connectivity index (χ0n) is 6.94. The second-order valence-electron chi connectivity index (χ2n) is 2.73. The molecule has 2 unspecified atom stereocenters. The highest BCUT2D eigenvalue weighted by atomic mass is 16.3. The van der Waals surface area contributed by atoms with Crippen molar-refractivity contribution in [1.29, 1.82) is 0 Å². The number of aliphatic hydroxyl groups excluding tert-OH is 1. The molecular formula is C8H14N2O. The van der Waals surface area contributed by atoms with Crippen LogP contribution in [0, 0.1) is 0 Å². The molecule has 0 saturated heterocycles. The van der Waals surface area contributed by atoms with Gasteiger partial charge in [-0.15, -0.1) is 0 Å². The molecule has 0 saturated carbocycles. The Balaban J connectivity index is 2.62. The predicted octanol–water partition coefficient (Wildman–Crippen LogP) is 1.21. The fraction of sp³-hybridized carbons (Fsp3) is 0.625. The van der Waals surface area contributed by atoms with E-state index in [4.69, 9.17) is 0 Å². The van der Waals surface area contributed by atoms with Gasteiger partial charge in [-0.1, -0.05) is 6.92 Å². The second kappa shape index (κ2) is 3.53. The third-order valence-electron chi connectivity index (χ3n) is 1.97. The molecule has 11 heavy (non-hydrogen) atoms. The molecule has 1 N–H and O–H groups in total. The number of nitrogens with zero attached hydrogens (tertiary/aromatic N) is 2. The summed E-state index contributed by atoms with van der Waals surface area (Å²) >= 11 is 0. The zero-order valence-corrected chi connectivity index (χ0v) is 6.94. The summed E-state index contributed by atoms with van der Waals surface area (Å²) in [4.78, 5) is 3.91. The molecule has 0 aliphatic carbocycles. The molecule has 0 radical (unpaired) electrons. The topological polar surface area (TPSA) is 38.0 Å². The molecule has 0 aromatic carbocycles. The van der Waals surface area contributed by atoms with E-state index in [1.54, 1.807) is 12.5 Å². The van der Waals surface area contributed by atoms with E-state index in [9.17, 15) is 5.11 Å². The van der Waals surface area contributed by atoms with Gasteiger partial charge >= 0.3 is 0 Å². The first-order valence-electron chi connectivity index (χ1n) is 3.91. The summed E-state index contributed by atoms with van der Waals surface area (Å²) in [5.74, 6) is 0. The summed E-state index contributed by atoms with van der Waals surface area (Å²) in [5, 5.41) is 9.45. The van der Waals surface area contributed by atoms with Crippen molar-refractivity contribution in [2.75, 3.05) is 0 Å². The highest BCUT2D eigenvalue weighted by molar-refractivity contribution is 4.81. The van der Waals surface area contributed by atoms with Crippen molar-refractivity contribution in [1.82, 2.24) is 9.55 Å². The van der Waals surface area contributed by atoms with Gasteiger partial charge in [-0.2, -0.15) is 0 Å². The molecule has 0 bridgehead atoms. The first kappa shape index (κ1) is 8.27. The molecule has 1 aromatic rings. The lowest BCUT2D eigenvalue weighted by Gasteiger charge is -2.17. The average molecular weight is 154 g/mol. The SMILES string of the molecule is CCC(O)C(C)n1ccnc1. The van der Waals surface area contributed by atoms with Crippen molar-refractivity contribution < 1.29 is 5.11 Å². The average Bonchev–Trinajstić information content (AvgIpc) is 2.53. The monoisotopic (exact) mass is 154 g/mol. The van der Waals surface area contributed by atoms with Gasteiger partial charge in [0.15, 0.2) is 0 Å². The van der Waals surface area contributed by atoms with E-state index in [1.807, 2.05) is 24.6 Å². The van der Waals surface area contributed by atoms with Crippen LogP contribution in [-0.2, 0) is 0 Å². The number of aliphatic hydroxyl groups is 1. The van der Waals surface area contributed by atoms with Gasteiger partial charge < -0.3 is 9.67 Å². The van der Waals surface area contributed by atoms with E-state index in [1.165, 1.54) is 0 Å². The van der Waals surface area contributed by atoms with Gasteiger partial charge in [-0.3, -0.25) is 0 Å². The third-order valence-corrected chi connectivity index (χ3v) is 1.97. The second-order valence-corrected chi connectivity index (χ2v) is 2.73. The molecule has 1 rings (SSSR count). The smallest absolute Gasteiger partial charge is 0.0949 e. The molecule has 3 nitrogen and oxygen atoms in total. The lowest BCUT2D eigenvalue weighted by atomic mass is 10.1. The Morgan fingerprint density at radius 2 is 2.36 bits per heavy atom. The Hall–Kier alpha value is -0.830. The molecular weight excluding hydrogens is 140 g/mol. The van der Waals surface area contributed by atoms with E-state index in [0.29, 0.717) is 0 Å². The summed E-state index contributed by atoms with van der Waals surface area (Å²) in [6.45, 7) is 3.95. The predicted molar refractivity (Wildman–Crippen MR) is 43.2 cm³/mol. The zero-order chi connectivity index (χ0) is 8.27. The van der Waals surface area contributed by atoms with Crippen LogP contribution in [0.5, 0.6) is 0 Å². The Labute approximate surface area is 66.7 Å². The molecule has 62 valence electrons. The normalized spacial score (nSPS) is 16.3. The van der Waals surface area contributed by atoms with Crippen LogP contribution in [-0.4, -0.2) is 20.8 Å². The Kier molecular flexibility index (Phi) is 2.65. The maximum Gasteiger partial charge on any atom is 0.0949 e. The van der Waals surface area contributed by atoms with Crippen LogP contribution in [0.2, 0.25) is 0 Å². The van der Waals surface area contributed by atoms with Gasteiger partial charge in [-0.25, -0.2) is 4.98 Å². The van der Waals surface area contributed by atoms with Crippen LogP contribution >= 0.6 is 0 Å².